The molecule has 1 aliphatic rings. The van der Waals surface area contributed by atoms with Crippen LogP contribution in [0.3, 0.4) is 0 Å². The highest BCUT2D eigenvalue weighted by molar-refractivity contribution is 7.89. The number of likely N-dealkylation sites (tertiary alicyclic amines) is 1. The number of carbonyl (C=O) groups excluding carboxylic acids is 2. The summed E-state index contributed by atoms with van der Waals surface area (Å²) in [4.78, 5) is 25.3. The number of carbonyl (C=O) groups is 2. The molecule has 24 heavy (non-hydrogen) atoms. The van der Waals surface area contributed by atoms with Crippen molar-refractivity contribution in [3.63, 3.8) is 0 Å². The SMILES string of the molecule is CC1CCN(C(=O)COC(=O)c2ccc(Cl)c(S(N)(=O)=O)c2)CC1. The Balaban J connectivity index is 1.99. The number of benzene rings is 1. The van der Waals surface area contributed by atoms with Gasteiger partial charge in [-0.2, -0.15) is 0 Å². The molecular weight excluding hydrogens is 356 g/mol. The van der Waals surface area contributed by atoms with Gasteiger partial charge in [-0.05, 0) is 37.0 Å². The van der Waals surface area contributed by atoms with Crippen molar-refractivity contribution in [3.8, 4) is 0 Å². The van der Waals surface area contributed by atoms with Crippen LogP contribution in [-0.4, -0.2) is 44.9 Å². The third-order valence-electron chi connectivity index (χ3n) is 3.94. The van der Waals surface area contributed by atoms with Gasteiger partial charge in [0, 0.05) is 13.1 Å². The Morgan fingerprint density at radius 3 is 2.54 bits per heavy atom. The molecule has 0 unspecified atom stereocenters. The van der Waals surface area contributed by atoms with Crippen LogP contribution >= 0.6 is 11.6 Å². The van der Waals surface area contributed by atoms with E-state index in [1.165, 1.54) is 12.1 Å². The fraction of sp³-hybridized carbons (Fsp3) is 0.467. The summed E-state index contributed by atoms with van der Waals surface area (Å²) in [5, 5.41) is 4.94. The second kappa shape index (κ2) is 7.50. The summed E-state index contributed by atoms with van der Waals surface area (Å²) in [6, 6.07) is 3.59. The number of hydrogen-bond acceptors (Lipinski definition) is 5. The number of nitrogens with zero attached hydrogens (tertiary/aromatic N) is 1. The van der Waals surface area contributed by atoms with Crippen LogP contribution in [-0.2, 0) is 19.6 Å². The molecule has 1 amide bonds. The van der Waals surface area contributed by atoms with Crippen molar-refractivity contribution >= 4 is 33.5 Å². The molecule has 1 aromatic carbocycles. The molecule has 0 saturated carbocycles. The molecule has 0 spiro atoms. The first-order chi connectivity index (χ1) is 11.2. The minimum atomic E-state index is -4.06. The lowest BCUT2D eigenvalue weighted by Gasteiger charge is -2.30. The third kappa shape index (κ3) is 4.68. The predicted octanol–water partition coefficient (Wildman–Crippen LogP) is 1.40. The van der Waals surface area contributed by atoms with Gasteiger partial charge >= 0.3 is 5.97 Å². The van der Waals surface area contributed by atoms with Crippen molar-refractivity contribution in [2.75, 3.05) is 19.7 Å². The molecule has 2 rings (SSSR count). The number of primary sulfonamides is 1. The number of sulfonamides is 1. The maximum absolute atomic E-state index is 12.0. The van der Waals surface area contributed by atoms with Gasteiger partial charge in [0.25, 0.3) is 5.91 Å². The number of esters is 1. The first-order valence-electron chi connectivity index (χ1n) is 7.45. The van der Waals surface area contributed by atoms with Crippen molar-refractivity contribution in [2.24, 2.45) is 11.1 Å². The molecule has 1 fully saturated rings. The zero-order chi connectivity index (χ0) is 17.9. The van der Waals surface area contributed by atoms with Crippen molar-refractivity contribution in [1.29, 1.82) is 0 Å². The van der Waals surface area contributed by atoms with Crippen LogP contribution in [0.5, 0.6) is 0 Å². The highest BCUT2D eigenvalue weighted by Gasteiger charge is 2.22. The molecule has 1 saturated heterocycles. The molecule has 1 aliphatic heterocycles. The van der Waals surface area contributed by atoms with E-state index in [1.807, 2.05) is 0 Å². The van der Waals surface area contributed by atoms with Crippen molar-refractivity contribution in [2.45, 2.75) is 24.7 Å². The van der Waals surface area contributed by atoms with Crippen LogP contribution in [0.4, 0.5) is 0 Å². The predicted molar refractivity (Wildman–Crippen MR) is 88.1 cm³/mol. The first kappa shape index (κ1) is 18.7. The lowest BCUT2D eigenvalue weighted by molar-refractivity contribution is -0.135. The van der Waals surface area contributed by atoms with Crippen molar-refractivity contribution in [1.82, 2.24) is 4.90 Å². The quantitative estimate of drug-likeness (QED) is 0.801. The molecule has 7 nitrogen and oxygen atoms in total. The highest BCUT2D eigenvalue weighted by atomic mass is 35.5. The molecule has 0 radical (unpaired) electrons. The van der Waals surface area contributed by atoms with Gasteiger partial charge in [0.2, 0.25) is 10.0 Å². The molecule has 2 N–H and O–H groups in total. The Morgan fingerprint density at radius 1 is 1.33 bits per heavy atom. The van der Waals surface area contributed by atoms with Crippen molar-refractivity contribution in [3.05, 3.63) is 28.8 Å². The van der Waals surface area contributed by atoms with Gasteiger partial charge < -0.3 is 9.64 Å². The van der Waals surface area contributed by atoms with E-state index >= 15 is 0 Å². The molecule has 0 atom stereocenters. The molecule has 1 aromatic rings. The average molecular weight is 375 g/mol. The largest absolute Gasteiger partial charge is 0.452 e. The molecular formula is C15H19ClN2O5S. The third-order valence-corrected chi connectivity index (χ3v) is 5.33. The van der Waals surface area contributed by atoms with Crippen LogP contribution in [0.15, 0.2) is 23.1 Å². The smallest absolute Gasteiger partial charge is 0.338 e. The maximum atomic E-state index is 12.0. The fourth-order valence-electron chi connectivity index (χ4n) is 2.41. The highest BCUT2D eigenvalue weighted by Crippen LogP contribution is 2.22. The van der Waals surface area contributed by atoms with E-state index in [2.05, 4.69) is 6.92 Å². The zero-order valence-corrected chi connectivity index (χ0v) is 14.8. The van der Waals surface area contributed by atoms with Crippen LogP contribution in [0.1, 0.15) is 30.1 Å². The summed E-state index contributed by atoms with van der Waals surface area (Å²) >= 11 is 5.75. The summed E-state index contributed by atoms with van der Waals surface area (Å²) in [5.41, 5.74) is -0.0384. The Hall–Kier alpha value is -1.64. The summed E-state index contributed by atoms with van der Waals surface area (Å²) in [6.07, 6.45) is 1.85. The average Bonchev–Trinajstić information content (AvgIpc) is 2.52. The minimum Gasteiger partial charge on any atom is -0.452 e. The second-order valence-electron chi connectivity index (χ2n) is 5.83. The normalized spacial score (nSPS) is 16.0. The van der Waals surface area contributed by atoms with E-state index in [9.17, 15) is 18.0 Å². The van der Waals surface area contributed by atoms with Gasteiger partial charge in [-0.1, -0.05) is 18.5 Å². The van der Waals surface area contributed by atoms with Gasteiger partial charge in [-0.15, -0.1) is 0 Å². The van der Waals surface area contributed by atoms with E-state index in [4.69, 9.17) is 21.5 Å². The Morgan fingerprint density at radius 2 is 1.96 bits per heavy atom. The van der Waals surface area contributed by atoms with E-state index in [0.29, 0.717) is 19.0 Å². The van der Waals surface area contributed by atoms with Gasteiger partial charge in [0.1, 0.15) is 4.90 Å². The topological polar surface area (TPSA) is 107 Å². The summed E-state index contributed by atoms with van der Waals surface area (Å²) < 4.78 is 27.8. The maximum Gasteiger partial charge on any atom is 0.338 e. The molecule has 132 valence electrons. The number of piperidine rings is 1. The lowest BCUT2D eigenvalue weighted by atomic mass is 9.99. The molecule has 0 bridgehead atoms. The number of nitrogens with two attached hydrogens (primary N) is 1. The number of ether oxygens (including phenoxy) is 1. The summed E-state index contributed by atoms with van der Waals surface area (Å²) in [5.74, 6) is -0.492. The zero-order valence-electron chi connectivity index (χ0n) is 13.2. The number of amides is 1. The van der Waals surface area contributed by atoms with Crippen LogP contribution in [0, 0.1) is 5.92 Å². The summed E-state index contributed by atoms with van der Waals surface area (Å²) in [6.45, 7) is 3.04. The Labute approximate surface area is 145 Å². The van der Waals surface area contributed by atoms with E-state index < -0.39 is 16.0 Å². The molecule has 0 aliphatic carbocycles. The van der Waals surface area contributed by atoms with Crippen LogP contribution in [0.25, 0.3) is 0 Å². The molecule has 0 aromatic heterocycles. The Kier molecular flexibility index (Phi) is 5.84. The molecule has 1 heterocycles. The molecule has 9 heteroatoms. The van der Waals surface area contributed by atoms with Gasteiger partial charge in [0.05, 0.1) is 10.6 Å². The minimum absolute atomic E-state index is 0.0384. The van der Waals surface area contributed by atoms with Crippen LogP contribution in [0.2, 0.25) is 5.02 Å². The second-order valence-corrected chi connectivity index (χ2v) is 7.77. The van der Waals surface area contributed by atoms with E-state index in [0.717, 1.165) is 18.9 Å². The standard InChI is InChI=1S/C15H19ClN2O5S/c1-10-4-6-18(7-5-10)14(19)9-23-15(20)11-2-3-12(16)13(8-11)24(17,21)22/h2-3,8,10H,4-7,9H2,1H3,(H2,17,21,22). The van der Waals surface area contributed by atoms with E-state index in [1.54, 1.807) is 4.90 Å². The number of hydrogen-bond donors (Lipinski definition) is 1. The van der Waals surface area contributed by atoms with Gasteiger partial charge in [0.15, 0.2) is 6.61 Å². The lowest BCUT2D eigenvalue weighted by Crippen LogP contribution is -2.40. The summed E-state index contributed by atoms with van der Waals surface area (Å²) in [7, 11) is -4.06. The van der Waals surface area contributed by atoms with Gasteiger partial charge in [-0.3, -0.25) is 4.79 Å². The number of rotatable bonds is 4. The monoisotopic (exact) mass is 374 g/mol. The van der Waals surface area contributed by atoms with Crippen LogP contribution < -0.4 is 5.14 Å². The van der Waals surface area contributed by atoms with Gasteiger partial charge in [-0.25, -0.2) is 18.4 Å². The number of halogens is 1. The van der Waals surface area contributed by atoms with Crippen molar-refractivity contribution < 1.29 is 22.7 Å². The van der Waals surface area contributed by atoms with E-state index in [-0.39, 0.29) is 28.0 Å². The fourth-order valence-corrected chi connectivity index (χ4v) is 3.48. The first-order valence-corrected chi connectivity index (χ1v) is 9.38. The Bertz CT molecular complexity index is 742.